The number of para-hydroxylation sites is 1. The van der Waals surface area contributed by atoms with Crippen molar-refractivity contribution in [2.45, 2.75) is 11.8 Å². The molecule has 0 aliphatic heterocycles. The second-order valence-electron chi connectivity index (χ2n) is 6.78. The van der Waals surface area contributed by atoms with Crippen molar-refractivity contribution in [1.82, 2.24) is 3.97 Å². The number of nitrogens with zero attached hydrogens (tertiary/aromatic N) is 1. The summed E-state index contributed by atoms with van der Waals surface area (Å²) in [6.45, 7) is 1.95. The molecule has 0 atom stereocenters. The number of rotatable bonds is 2. The number of benzene rings is 4. The molecule has 4 aromatic carbocycles. The molecule has 0 fully saturated rings. The van der Waals surface area contributed by atoms with E-state index in [1.807, 2.05) is 73.7 Å². The second-order valence-corrected chi connectivity index (χ2v) is 8.57. The van der Waals surface area contributed by atoms with E-state index in [0.717, 1.165) is 27.1 Å². The summed E-state index contributed by atoms with van der Waals surface area (Å²) >= 11 is 0. The molecule has 4 heteroatoms. The lowest BCUT2D eigenvalue weighted by Crippen LogP contribution is -2.12. The lowest BCUT2D eigenvalue weighted by Gasteiger charge is -2.10. The van der Waals surface area contributed by atoms with Crippen LogP contribution in [0.3, 0.4) is 0 Å². The first-order valence-corrected chi connectivity index (χ1v) is 10.2. The summed E-state index contributed by atoms with van der Waals surface area (Å²) in [5.74, 6) is 0. The Hall–Kier alpha value is -3.11. The fraction of sp³-hybridized carbons (Fsp3) is 0.0435. The molecule has 1 aromatic heterocycles. The maximum atomic E-state index is 13.5. The Morgan fingerprint density at radius 2 is 1.33 bits per heavy atom. The van der Waals surface area contributed by atoms with E-state index in [2.05, 4.69) is 6.07 Å². The Balaban J connectivity index is 1.97. The molecule has 0 aliphatic carbocycles. The quantitative estimate of drug-likeness (QED) is 0.411. The Bertz CT molecular complexity index is 1430. The van der Waals surface area contributed by atoms with Crippen LogP contribution in [0.4, 0.5) is 0 Å². The third-order valence-electron chi connectivity index (χ3n) is 5.08. The van der Waals surface area contributed by atoms with Gasteiger partial charge in [-0.2, -0.15) is 0 Å². The van der Waals surface area contributed by atoms with Gasteiger partial charge in [-0.3, -0.25) is 0 Å². The molecule has 0 unspecified atom stereocenters. The minimum atomic E-state index is -3.72. The normalized spacial score (nSPS) is 12.2. The van der Waals surface area contributed by atoms with Crippen LogP contribution in [-0.2, 0) is 10.0 Å². The predicted molar refractivity (Wildman–Crippen MR) is 111 cm³/mol. The maximum absolute atomic E-state index is 13.5. The Kier molecular flexibility index (Phi) is 3.39. The van der Waals surface area contributed by atoms with Crippen molar-refractivity contribution in [1.29, 1.82) is 0 Å². The van der Waals surface area contributed by atoms with E-state index >= 15 is 0 Å². The van der Waals surface area contributed by atoms with Crippen LogP contribution < -0.4 is 0 Å². The van der Waals surface area contributed by atoms with Crippen molar-refractivity contribution in [3.63, 3.8) is 0 Å². The average Bonchev–Trinajstić information content (AvgIpc) is 3.04. The summed E-state index contributed by atoms with van der Waals surface area (Å²) in [5.41, 5.74) is 2.43. The Labute approximate surface area is 157 Å². The predicted octanol–water partition coefficient (Wildman–Crippen LogP) is 5.49. The minimum absolute atomic E-state index is 0.295. The molecule has 0 saturated carbocycles. The highest BCUT2D eigenvalue weighted by molar-refractivity contribution is 7.90. The molecule has 27 heavy (non-hydrogen) atoms. The molecule has 0 N–H and O–H groups in total. The largest absolute Gasteiger partial charge is 0.268 e. The summed E-state index contributed by atoms with van der Waals surface area (Å²) in [5, 5.41) is 4.07. The van der Waals surface area contributed by atoms with Gasteiger partial charge in [0.05, 0.1) is 15.9 Å². The molecule has 5 rings (SSSR count). The Morgan fingerprint density at radius 3 is 2.11 bits per heavy atom. The SMILES string of the molecule is Cc1ccc(S(=O)(=O)n2c3ccccc3c3c4ccccc4ccc32)cc1. The molecule has 0 saturated heterocycles. The standard InChI is InChI=1S/C23H17NO2S/c1-16-10-13-18(14-11-16)27(25,26)24-21-9-5-4-8-20(21)23-19-7-3-2-6-17(19)12-15-22(23)24/h2-15H,1H3. The topological polar surface area (TPSA) is 39.1 Å². The Morgan fingerprint density at radius 1 is 0.667 bits per heavy atom. The zero-order valence-electron chi connectivity index (χ0n) is 14.8. The number of hydrogen-bond acceptors (Lipinski definition) is 2. The first-order valence-electron chi connectivity index (χ1n) is 8.80. The van der Waals surface area contributed by atoms with Crippen LogP contribution in [0.15, 0.2) is 89.8 Å². The van der Waals surface area contributed by atoms with Crippen LogP contribution in [0.25, 0.3) is 32.6 Å². The number of fused-ring (bicyclic) bond motifs is 5. The summed E-state index contributed by atoms with van der Waals surface area (Å²) in [6, 6.07) is 26.7. The van der Waals surface area contributed by atoms with Crippen molar-refractivity contribution in [2.75, 3.05) is 0 Å². The van der Waals surface area contributed by atoms with Crippen LogP contribution in [0.1, 0.15) is 5.56 Å². The highest BCUT2D eigenvalue weighted by Gasteiger charge is 2.23. The zero-order valence-corrected chi connectivity index (χ0v) is 15.6. The van der Waals surface area contributed by atoms with Gasteiger partial charge in [0.15, 0.2) is 0 Å². The molecule has 0 amide bonds. The monoisotopic (exact) mass is 371 g/mol. The van der Waals surface area contributed by atoms with Gasteiger partial charge in [0, 0.05) is 10.8 Å². The van der Waals surface area contributed by atoms with Crippen LogP contribution in [0, 0.1) is 6.92 Å². The van der Waals surface area contributed by atoms with E-state index < -0.39 is 10.0 Å². The van der Waals surface area contributed by atoms with E-state index in [-0.39, 0.29) is 0 Å². The summed E-state index contributed by atoms with van der Waals surface area (Å²) in [6.07, 6.45) is 0. The number of aryl methyl sites for hydroxylation is 1. The fourth-order valence-corrected chi connectivity index (χ4v) is 5.30. The van der Waals surface area contributed by atoms with Crippen LogP contribution in [0.2, 0.25) is 0 Å². The molecule has 0 radical (unpaired) electrons. The van der Waals surface area contributed by atoms with E-state index in [4.69, 9.17) is 0 Å². The highest BCUT2D eigenvalue weighted by atomic mass is 32.2. The van der Waals surface area contributed by atoms with E-state index in [0.29, 0.717) is 15.9 Å². The maximum Gasteiger partial charge on any atom is 0.268 e. The lowest BCUT2D eigenvalue weighted by atomic mass is 10.0. The highest BCUT2D eigenvalue weighted by Crippen LogP contribution is 2.36. The first kappa shape index (κ1) is 16.1. The van der Waals surface area contributed by atoms with Gasteiger partial charge in [-0.05, 0) is 42.0 Å². The number of aromatic nitrogens is 1. The van der Waals surface area contributed by atoms with Crippen molar-refractivity contribution < 1.29 is 8.42 Å². The lowest BCUT2D eigenvalue weighted by molar-refractivity contribution is 0.590. The van der Waals surface area contributed by atoms with Gasteiger partial charge in [-0.15, -0.1) is 0 Å². The molecule has 5 aromatic rings. The fourth-order valence-electron chi connectivity index (χ4n) is 3.78. The summed E-state index contributed by atoms with van der Waals surface area (Å²) < 4.78 is 28.5. The summed E-state index contributed by atoms with van der Waals surface area (Å²) in [4.78, 5) is 0.295. The van der Waals surface area contributed by atoms with E-state index in [1.54, 1.807) is 12.1 Å². The van der Waals surface area contributed by atoms with Crippen LogP contribution >= 0.6 is 0 Å². The summed E-state index contributed by atoms with van der Waals surface area (Å²) in [7, 11) is -3.72. The second kappa shape index (κ2) is 5.69. The van der Waals surface area contributed by atoms with Crippen molar-refractivity contribution in [3.8, 4) is 0 Å². The van der Waals surface area contributed by atoms with Crippen molar-refractivity contribution in [2.24, 2.45) is 0 Å². The third-order valence-corrected chi connectivity index (χ3v) is 6.82. The minimum Gasteiger partial charge on any atom is -0.233 e. The zero-order chi connectivity index (χ0) is 18.6. The molecule has 0 spiro atoms. The average molecular weight is 371 g/mol. The van der Waals surface area contributed by atoms with Gasteiger partial charge in [0.25, 0.3) is 10.0 Å². The molecule has 3 nitrogen and oxygen atoms in total. The molecule has 0 aliphatic rings. The van der Waals surface area contributed by atoms with Gasteiger partial charge in [-0.25, -0.2) is 12.4 Å². The van der Waals surface area contributed by atoms with Crippen molar-refractivity contribution in [3.05, 3.63) is 90.5 Å². The smallest absolute Gasteiger partial charge is 0.233 e. The van der Waals surface area contributed by atoms with Gasteiger partial charge in [0.2, 0.25) is 0 Å². The molecule has 1 heterocycles. The van der Waals surface area contributed by atoms with Gasteiger partial charge < -0.3 is 0 Å². The first-order chi connectivity index (χ1) is 13.1. The van der Waals surface area contributed by atoms with Crippen LogP contribution in [0.5, 0.6) is 0 Å². The third kappa shape index (κ3) is 2.30. The molecule has 0 bridgehead atoms. The van der Waals surface area contributed by atoms with Crippen molar-refractivity contribution >= 4 is 42.6 Å². The van der Waals surface area contributed by atoms with Gasteiger partial charge >= 0.3 is 0 Å². The van der Waals surface area contributed by atoms with E-state index in [9.17, 15) is 8.42 Å². The number of hydrogen-bond donors (Lipinski definition) is 0. The molecular weight excluding hydrogens is 354 g/mol. The molecular formula is C23H17NO2S. The van der Waals surface area contributed by atoms with Crippen LogP contribution in [-0.4, -0.2) is 12.4 Å². The van der Waals surface area contributed by atoms with E-state index in [1.165, 1.54) is 3.97 Å². The van der Waals surface area contributed by atoms with Gasteiger partial charge in [-0.1, -0.05) is 66.2 Å². The molecule has 132 valence electrons. The van der Waals surface area contributed by atoms with Gasteiger partial charge in [0.1, 0.15) is 0 Å².